The van der Waals surface area contributed by atoms with Gasteiger partial charge in [0, 0.05) is 55.8 Å². The van der Waals surface area contributed by atoms with E-state index in [9.17, 15) is 0 Å². The van der Waals surface area contributed by atoms with Crippen LogP contribution in [0.1, 0.15) is 24.4 Å². The van der Waals surface area contributed by atoms with Gasteiger partial charge in [0.2, 0.25) is 5.96 Å². The van der Waals surface area contributed by atoms with E-state index in [0.29, 0.717) is 0 Å². The Bertz CT molecular complexity index is 3280. The Morgan fingerprint density at radius 1 is 0.509 bits per heavy atom. The zero-order valence-corrected chi connectivity index (χ0v) is 30.0. The zero-order chi connectivity index (χ0) is 36.0. The van der Waals surface area contributed by atoms with Gasteiger partial charge >= 0.3 is 0 Å². The van der Waals surface area contributed by atoms with Crippen molar-refractivity contribution in [2.75, 3.05) is 0 Å². The maximum absolute atomic E-state index is 5.71. The van der Waals surface area contributed by atoms with Crippen LogP contribution >= 0.6 is 0 Å². The van der Waals surface area contributed by atoms with Crippen molar-refractivity contribution in [3.8, 4) is 11.4 Å². The average molecular weight is 706 g/mol. The predicted molar refractivity (Wildman–Crippen MR) is 229 cm³/mol. The second-order valence-electron chi connectivity index (χ2n) is 14.8. The minimum atomic E-state index is -0.170. The summed E-state index contributed by atoms with van der Waals surface area (Å²) < 4.78 is 7.09. The van der Waals surface area contributed by atoms with Gasteiger partial charge in [0.05, 0.1) is 27.6 Å². The molecule has 1 N–H and O–H groups in total. The molecule has 3 aromatic heterocycles. The Hall–Kier alpha value is -7.11. The van der Waals surface area contributed by atoms with Crippen molar-refractivity contribution in [3.63, 3.8) is 0 Å². The summed E-state index contributed by atoms with van der Waals surface area (Å²) in [4.78, 5) is 5.71. The van der Waals surface area contributed by atoms with E-state index in [1.54, 1.807) is 0 Å². The summed E-state index contributed by atoms with van der Waals surface area (Å²) >= 11 is 0. The normalized spacial score (nSPS) is 15.8. The molecule has 5 nitrogen and oxygen atoms in total. The fourth-order valence-corrected chi connectivity index (χ4v) is 9.25. The number of aromatic nitrogens is 3. The third-order valence-corrected chi connectivity index (χ3v) is 11.7. The number of para-hydroxylation sites is 3. The van der Waals surface area contributed by atoms with Gasteiger partial charge in [0.15, 0.2) is 0 Å². The minimum Gasteiger partial charge on any atom is -0.326 e. The number of hydrogen-bond acceptors (Lipinski definition) is 2. The molecule has 0 saturated heterocycles. The molecular formula is C50H35N5. The number of aliphatic imine (C=N–C) groups is 1. The van der Waals surface area contributed by atoms with E-state index >= 15 is 0 Å². The lowest BCUT2D eigenvalue weighted by molar-refractivity contribution is 0.755. The first-order valence-electron chi connectivity index (χ1n) is 19.2. The van der Waals surface area contributed by atoms with Gasteiger partial charge in [-0.15, -0.1) is 0 Å². The topological polar surface area (TPSA) is 39.2 Å². The molecule has 5 heteroatoms. The summed E-state index contributed by atoms with van der Waals surface area (Å²) in [5.41, 5.74) is 11.8. The summed E-state index contributed by atoms with van der Waals surface area (Å²) in [6.07, 6.45) is 8.95. The summed E-state index contributed by atoms with van der Waals surface area (Å²) in [7, 11) is 0. The van der Waals surface area contributed by atoms with Crippen LogP contribution in [0.4, 0.5) is 0 Å². The molecule has 0 fully saturated rings. The van der Waals surface area contributed by atoms with E-state index in [2.05, 4.69) is 195 Å². The highest BCUT2D eigenvalue weighted by Gasteiger charge is 2.30. The Labute approximate surface area is 317 Å². The molecule has 1 atom stereocenters. The van der Waals surface area contributed by atoms with E-state index in [4.69, 9.17) is 4.99 Å². The summed E-state index contributed by atoms with van der Waals surface area (Å²) in [5, 5.41) is 12.4. The molecule has 1 aliphatic carbocycles. The summed E-state index contributed by atoms with van der Waals surface area (Å²) in [6.45, 7) is 0. The molecule has 1 aliphatic heterocycles. The van der Waals surface area contributed by atoms with E-state index in [0.717, 1.165) is 46.9 Å². The molecule has 4 heterocycles. The lowest BCUT2D eigenvalue weighted by Crippen LogP contribution is -2.36. The third kappa shape index (κ3) is 4.50. The molecule has 1 unspecified atom stereocenters. The summed E-state index contributed by atoms with van der Waals surface area (Å²) in [6, 6.07) is 57.1. The second-order valence-corrected chi connectivity index (χ2v) is 14.8. The van der Waals surface area contributed by atoms with E-state index in [-0.39, 0.29) is 6.04 Å². The van der Waals surface area contributed by atoms with Gasteiger partial charge < -0.3 is 14.5 Å². The Morgan fingerprint density at radius 3 is 2.07 bits per heavy atom. The van der Waals surface area contributed by atoms with E-state index in [1.165, 1.54) is 65.4 Å². The molecule has 0 radical (unpaired) electrons. The van der Waals surface area contributed by atoms with Gasteiger partial charge in [-0.25, -0.2) is 4.99 Å². The zero-order valence-electron chi connectivity index (χ0n) is 30.0. The first kappa shape index (κ1) is 30.4. The maximum atomic E-state index is 5.71. The lowest BCUT2D eigenvalue weighted by atomic mass is 9.90. The number of fused-ring (bicyclic) bond motifs is 10. The minimum absolute atomic E-state index is 0.170. The van der Waals surface area contributed by atoms with Crippen molar-refractivity contribution in [1.29, 1.82) is 0 Å². The van der Waals surface area contributed by atoms with Gasteiger partial charge in [-0.1, -0.05) is 103 Å². The van der Waals surface area contributed by atoms with Crippen molar-refractivity contribution < 1.29 is 0 Å². The van der Waals surface area contributed by atoms with Crippen molar-refractivity contribution in [2.24, 2.45) is 4.99 Å². The fraction of sp³-hybridized carbons (Fsp3) is 0.0600. The Morgan fingerprint density at radius 2 is 1.22 bits per heavy atom. The van der Waals surface area contributed by atoms with Gasteiger partial charge in [0.25, 0.3) is 0 Å². The second kappa shape index (κ2) is 11.7. The quantitative estimate of drug-likeness (QED) is 0.195. The largest absolute Gasteiger partial charge is 0.326 e. The van der Waals surface area contributed by atoms with Crippen LogP contribution in [-0.2, 0) is 0 Å². The molecule has 0 saturated carbocycles. The van der Waals surface area contributed by atoms with Crippen LogP contribution in [0.2, 0.25) is 0 Å². The first-order valence-corrected chi connectivity index (χ1v) is 19.2. The van der Waals surface area contributed by atoms with Crippen LogP contribution in [0.3, 0.4) is 0 Å². The molecular weight excluding hydrogens is 671 g/mol. The SMILES string of the molecule is C1=C2NC(n3c4cc5ccccc5cc4c4c5c(ccc43)ccn5-c3ccccc3)=NC(c3ccc4c(c3)c3ccccc3n4-c3ccccc3)C2=CCC1. The first-order chi connectivity index (χ1) is 27.3. The smallest absolute Gasteiger partial charge is 0.208 e. The molecule has 0 bridgehead atoms. The van der Waals surface area contributed by atoms with Crippen LogP contribution in [0.15, 0.2) is 192 Å². The van der Waals surface area contributed by atoms with Crippen LogP contribution in [0.5, 0.6) is 0 Å². The highest BCUT2D eigenvalue weighted by molar-refractivity contribution is 6.25. The third-order valence-electron chi connectivity index (χ3n) is 11.7. The van der Waals surface area contributed by atoms with Crippen LogP contribution in [0, 0.1) is 0 Å². The highest BCUT2D eigenvalue weighted by atomic mass is 15.2. The fourth-order valence-electron chi connectivity index (χ4n) is 9.25. The van der Waals surface area contributed by atoms with Crippen LogP contribution < -0.4 is 5.32 Å². The average Bonchev–Trinajstić information content (AvgIpc) is 3.93. The van der Waals surface area contributed by atoms with Crippen molar-refractivity contribution in [1.82, 2.24) is 19.0 Å². The standard InChI is InChI=1S/C50H35N5/c1-3-15-36(16-4-1)53-28-27-32-23-26-45-47(49(32)53)41-29-33-13-7-8-14-34(33)31-46(41)55(45)50-51-42-21-11-9-20-39(42)48(52-50)35-24-25-44-40(30-35)38-19-10-12-22-43(38)54(44)37-17-5-2-6-18-37/h1-8,10,12-31,48H,9,11H2,(H,51,52). The number of hydrogen-bond donors (Lipinski definition) is 1. The molecule has 0 spiro atoms. The van der Waals surface area contributed by atoms with Gasteiger partial charge in [-0.3, -0.25) is 4.57 Å². The van der Waals surface area contributed by atoms with Crippen molar-refractivity contribution >= 4 is 71.2 Å². The van der Waals surface area contributed by atoms with Crippen molar-refractivity contribution in [2.45, 2.75) is 18.9 Å². The Balaban J connectivity index is 1.12. The molecule has 0 amide bonds. The van der Waals surface area contributed by atoms with Gasteiger partial charge in [-0.05, 0) is 95.9 Å². The summed E-state index contributed by atoms with van der Waals surface area (Å²) in [5.74, 6) is 0.842. The highest BCUT2D eigenvalue weighted by Crippen LogP contribution is 2.42. The van der Waals surface area contributed by atoms with Gasteiger partial charge in [0.1, 0.15) is 6.04 Å². The van der Waals surface area contributed by atoms with Crippen LogP contribution in [0.25, 0.3) is 76.7 Å². The lowest BCUT2D eigenvalue weighted by Gasteiger charge is -2.30. The van der Waals surface area contributed by atoms with Crippen molar-refractivity contribution in [3.05, 3.63) is 193 Å². The molecule has 2 aliphatic rings. The van der Waals surface area contributed by atoms with E-state index in [1.807, 2.05) is 0 Å². The van der Waals surface area contributed by atoms with Crippen LogP contribution in [-0.4, -0.2) is 19.7 Å². The number of benzene rings is 7. The van der Waals surface area contributed by atoms with E-state index < -0.39 is 0 Å². The number of nitrogens with one attached hydrogen (secondary N) is 1. The molecule has 12 rings (SSSR count). The van der Waals surface area contributed by atoms with Gasteiger partial charge in [-0.2, -0.15) is 0 Å². The molecule has 10 aromatic rings. The molecule has 7 aromatic carbocycles. The molecule has 260 valence electrons. The maximum Gasteiger partial charge on any atom is 0.208 e. The molecule has 55 heavy (non-hydrogen) atoms. The number of rotatable bonds is 3. The number of allylic oxidation sites excluding steroid dienone is 2. The monoisotopic (exact) mass is 705 g/mol. The Kier molecular flexibility index (Phi) is 6.46. The number of nitrogens with zero attached hydrogens (tertiary/aromatic N) is 4. The predicted octanol–water partition coefficient (Wildman–Crippen LogP) is 12.1.